The van der Waals surface area contributed by atoms with E-state index in [1.165, 1.54) is 25.7 Å². The molecule has 1 aromatic heterocycles. The number of ether oxygens (including phenoxy) is 1. The van der Waals surface area contributed by atoms with Gasteiger partial charge in [0.05, 0.1) is 6.10 Å². The van der Waals surface area contributed by atoms with E-state index in [9.17, 15) is 0 Å². The van der Waals surface area contributed by atoms with Gasteiger partial charge < -0.3 is 14.5 Å². The topological polar surface area (TPSA) is 60.2 Å². The van der Waals surface area contributed by atoms with Crippen molar-refractivity contribution < 1.29 is 9.15 Å². The molecule has 2 atom stereocenters. The van der Waals surface area contributed by atoms with E-state index in [2.05, 4.69) is 27.6 Å². The molecule has 5 heteroatoms. The van der Waals surface area contributed by atoms with E-state index in [-0.39, 0.29) is 0 Å². The Kier molecular flexibility index (Phi) is 3.97. The van der Waals surface area contributed by atoms with Crippen LogP contribution in [-0.4, -0.2) is 29.5 Å². The summed E-state index contributed by atoms with van der Waals surface area (Å²) in [5.74, 6) is 0.550. The summed E-state index contributed by atoms with van der Waals surface area (Å²) in [6, 6.07) is 8.58. The summed E-state index contributed by atoms with van der Waals surface area (Å²) in [6.07, 6.45) is 6.39. The average molecular weight is 273 g/mol. The Labute approximate surface area is 118 Å². The van der Waals surface area contributed by atoms with Gasteiger partial charge in [0.15, 0.2) is 0 Å². The Bertz CT molecular complexity index is 525. The molecule has 1 aliphatic rings. The largest absolute Gasteiger partial charge is 0.423 e. The van der Waals surface area contributed by atoms with Crippen LogP contribution in [0.1, 0.15) is 25.7 Å². The molecule has 0 spiro atoms. The molecule has 3 rings (SSSR count). The standard InChI is InChI=1S/C15H19N3O2/c1-19-14-4-2-3-13(9-14)17-12-7-5-11(6-8-12)15-18-16-10-20-15/h5-8,10,13-14,17H,2-4,9H2,1H3. The van der Waals surface area contributed by atoms with Gasteiger partial charge in [-0.15, -0.1) is 10.2 Å². The maximum Gasteiger partial charge on any atom is 0.247 e. The summed E-state index contributed by atoms with van der Waals surface area (Å²) in [4.78, 5) is 0. The summed E-state index contributed by atoms with van der Waals surface area (Å²) in [5.41, 5.74) is 2.06. The lowest BCUT2D eigenvalue weighted by Crippen LogP contribution is -2.30. The van der Waals surface area contributed by atoms with E-state index >= 15 is 0 Å². The lowest BCUT2D eigenvalue weighted by atomic mass is 9.92. The molecule has 0 aliphatic heterocycles. The van der Waals surface area contributed by atoms with Crippen LogP contribution >= 0.6 is 0 Å². The molecule has 2 aromatic rings. The lowest BCUT2D eigenvalue weighted by molar-refractivity contribution is 0.0669. The van der Waals surface area contributed by atoms with Gasteiger partial charge in [-0.25, -0.2) is 0 Å². The van der Waals surface area contributed by atoms with E-state index in [1.54, 1.807) is 7.11 Å². The van der Waals surface area contributed by atoms with Crippen LogP contribution in [0.2, 0.25) is 0 Å². The zero-order valence-corrected chi connectivity index (χ0v) is 11.6. The Morgan fingerprint density at radius 1 is 1.25 bits per heavy atom. The van der Waals surface area contributed by atoms with Crippen LogP contribution in [0.15, 0.2) is 35.1 Å². The van der Waals surface area contributed by atoms with Gasteiger partial charge in [-0.3, -0.25) is 0 Å². The number of anilines is 1. The lowest BCUT2D eigenvalue weighted by Gasteiger charge is -2.29. The van der Waals surface area contributed by atoms with Gasteiger partial charge in [0.25, 0.3) is 0 Å². The molecule has 2 unspecified atom stereocenters. The SMILES string of the molecule is COC1CCCC(Nc2ccc(-c3nnco3)cc2)C1. The van der Waals surface area contributed by atoms with Gasteiger partial charge in [-0.1, -0.05) is 0 Å². The molecule has 1 aromatic carbocycles. The van der Waals surface area contributed by atoms with E-state index in [0.717, 1.165) is 17.7 Å². The van der Waals surface area contributed by atoms with Crippen molar-refractivity contribution >= 4 is 5.69 Å². The van der Waals surface area contributed by atoms with Crippen LogP contribution in [0.3, 0.4) is 0 Å². The summed E-state index contributed by atoms with van der Waals surface area (Å²) >= 11 is 0. The normalized spacial score (nSPS) is 22.6. The molecule has 1 aliphatic carbocycles. The molecular formula is C15H19N3O2. The molecule has 1 heterocycles. The monoisotopic (exact) mass is 273 g/mol. The number of nitrogens with zero attached hydrogens (tertiary/aromatic N) is 2. The maximum atomic E-state index is 5.46. The first-order chi connectivity index (χ1) is 9.85. The van der Waals surface area contributed by atoms with Crippen molar-refractivity contribution in [3.05, 3.63) is 30.7 Å². The van der Waals surface area contributed by atoms with Gasteiger partial charge in [0.2, 0.25) is 12.3 Å². The zero-order chi connectivity index (χ0) is 13.8. The number of aromatic nitrogens is 2. The van der Waals surface area contributed by atoms with Crippen LogP contribution < -0.4 is 5.32 Å². The van der Waals surface area contributed by atoms with Crippen molar-refractivity contribution in [1.82, 2.24) is 10.2 Å². The van der Waals surface area contributed by atoms with Crippen molar-refractivity contribution in [3.8, 4) is 11.5 Å². The number of benzene rings is 1. The second-order valence-corrected chi connectivity index (χ2v) is 5.19. The second-order valence-electron chi connectivity index (χ2n) is 5.19. The summed E-state index contributed by atoms with van der Waals surface area (Å²) in [6.45, 7) is 0. The number of hydrogen-bond acceptors (Lipinski definition) is 5. The summed E-state index contributed by atoms with van der Waals surface area (Å²) in [5, 5.41) is 11.2. The van der Waals surface area contributed by atoms with Gasteiger partial charge in [-0.2, -0.15) is 0 Å². The number of rotatable bonds is 4. The van der Waals surface area contributed by atoms with E-state index in [1.807, 2.05) is 12.1 Å². The molecule has 0 radical (unpaired) electrons. The molecule has 106 valence electrons. The average Bonchev–Trinajstić information content (AvgIpc) is 3.02. The van der Waals surface area contributed by atoms with Crippen LogP contribution in [0, 0.1) is 0 Å². The molecule has 0 saturated heterocycles. The first kappa shape index (κ1) is 13.1. The summed E-state index contributed by atoms with van der Waals surface area (Å²) in [7, 11) is 1.80. The molecule has 0 amide bonds. The number of hydrogen-bond donors (Lipinski definition) is 1. The minimum atomic E-state index is 0.388. The van der Waals surface area contributed by atoms with Gasteiger partial charge in [-0.05, 0) is 49.9 Å². The van der Waals surface area contributed by atoms with Crippen LogP contribution in [0.4, 0.5) is 5.69 Å². The van der Waals surface area contributed by atoms with E-state index < -0.39 is 0 Å². The van der Waals surface area contributed by atoms with Crippen molar-refractivity contribution in [2.24, 2.45) is 0 Å². The third kappa shape index (κ3) is 2.99. The van der Waals surface area contributed by atoms with Crippen LogP contribution in [0.5, 0.6) is 0 Å². The minimum absolute atomic E-state index is 0.388. The fourth-order valence-corrected chi connectivity index (χ4v) is 2.73. The highest BCUT2D eigenvalue weighted by Gasteiger charge is 2.21. The third-order valence-electron chi connectivity index (χ3n) is 3.82. The van der Waals surface area contributed by atoms with Crippen molar-refractivity contribution in [2.45, 2.75) is 37.8 Å². The summed E-state index contributed by atoms with van der Waals surface area (Å²) < 4.78 is 10.6. The van der Waals surface area contributed by atoms with Crippen molar-refractivity contribution in [1.29, 1.82) is 0 Å². The molecule has 1 fully saturated rings. The third-order valence-corrected chi connectivity index (χ3v) is 3.82. The molecule has 1 saturated carbocycles. The van der Waals surface area contributed by atoms with Crippen molar-refractivity contribution in [2.75, 3.05) is 12.4 Å². The quantitative estimate of drug-likeness (QED) is 0.927. The Hall–Kier alpha value is -1.88. The van der Waals surface area contributed by atoms with Gasteiger partial charge in [0.1, 0.15) is 0 Å². The highest BCUT2D eigenvalue weighted by molar-refractivity contribution is 5.58. The van der Waals surface area contributed by atoms with Crippen molar-refractivity contribution in [3.63, 3.8) is 0 Å². The van der Waals surface area contributed by atoms with E-state index in [0.29, 0.717) is 18.0 Å². The number of nitrogens with one attached hydrogen (secondary N) is 1. The highest BCUT2D eigenvalue weighted by Crippen LogP contribution is 2.25. The maximum absolute atomic E-state index is 5.46. The minimum Gasteiger partial charge on any atom is -0.423 e. The fourth-order valence-electron chi connectivity index (χ4n) is 2.73. The molecule has 1 N–H and O–H groups in total. The highest BCUT2D eigenvalue weighted by atomic mass is 16.5. The predicted molar refractivity (Wildman–Crippen MR) is 76.4 cm³/mol. The smallest absolute Gasteiger partial charge is 0.247 e. The Morgan fingerprint density at radius 2 is 2.10 bits per heavy atom. The molecule has 0 bridgehead atoms. The number of methoxy groups -OCH3 is 1. The second kappa shape index (κ2) is 6.05. The zero-order valence-electron chi connectivity index (χ0n) is 11.6. The van der Waals surface area contributed by atoms with Crippen LogP contribution in [-0.2, 0) is 4.74 Å². The van der Waals surface area contributed by atoms with Gasteiger partial charge in [0, 0.05) is 24.4 Å². The molecular weight excluding hydrogens is 254 g/mol. The molecule has 20 heavy (non-hydrogen) atoms. The Morgan fingerprint density at radius 3 is 2.80 bits per heavy atom. The fraction of sp³-hybridized carbons (Fsp3) is 0.467. The first-order valence-electron chi connectivity index (χ1n) is 7.01. The predicted octanol–water partition coefficient (Wildman–Crippen LogP) is 3.11. The van der Waals surface area contributed by atoms with E-state index in [4.69, 9.17) is 9.15 Å². The molecule has 5 nitrogen and oxygen atoms in total. The van der Waals surface area contributed by atoms with Crippen LogP contribution in [0.25, 0.3) is 11.5 Å². The first-order valence-corrected chi connectivity index (χ1v) is 7.01. The van der Waals surface area contributed by atoms with Gasteiger partial charge >= 0.3 is 0 Å². The Balaban J connectivity index is 1.63.